The normalized spacial score (nSPS) is 14.7. The van der Waals surface area contributed by atoms with E-state index in [9.17, 15) is 9.59 Å². The largest absolute Gasteiger partial charge is 0.495 e. The monoisotopic (exact) mass is 525 g/mol. The average molecular weight is 526 g/mol. The number of nitrogens with zero attached hydrogens (tertiary/aromatic N) is 4. The van der Waals surface area contributed by atoms with Crippen molar-refractivity contribution in [1.82, 2.24) is 19.9 Å². The van der Waals surface area contributed by atoms with E-state index in [2.05, 4.69) is 9.88 Å². The Labute approximate surface area is 229 Å². The van der Waals surface area contributed by atoms with Crippen molar-refractivity contribution in [2.45, 2.75) is 19.0 Å². The van der Waals surface area contributed by atoms with Crippen LogP contribution in [-0.2, 0) is 22.6 Å². The van der Waals surface area contributed by atoms with E-state index in [1.807, 2.05) is 90.1 Å². The number of amides is 2. The molecule has 8 nitrogen and oxygen atoms in total. The number of carbonyl (C=O) groups is 2. The maximum Gasteiger partial charge on any atom is 0.247 e. The highest BCUT2D eigenvalue weighted by molar-refractivity contribution is 5.87. The van der Waals surface area contributed by atoms with Crippen LogP contribution in [0.5, 0.6) is 5.75 Å². The van der Waals surface area contributed by atoms with Gasteiger partial charge >= 0.3 is 0 Å². The van der Waals surface area contributed by atoms with Crippen LogP contribution >= 0.6 is 0 Å². The van der Waals surface area contributed by atoms with Crippen molar-refractivity contribution in [1.29, 1.82) is 0 Å². The topological polar surface area (TPSA) is 72.1 Å². The highest BCUT2D eigenvalue weighted by atomic mass is 16.5. The molecule has 3 aromatic carbocycles. The zero-order valence-electron chi connectivity index (χ0n) is 22.5. The molecule has 202 valence electrons. The molecule has 8 heteroatoms. The first kappa shape index (κ1) is 26.3. The number of methoxy groups -OCH3 is 1. The van der Waals surface area contributed by atoms with Crippen molar-refractivity contribution >= 4 is 28.9 Å². The third kappa shape index (κ3) is 5.76. The first-order chi connectivity index (χ1) is 19.1. The molecule has 0 radical (unpaired) electrons. The van der Waals surface area contributed by atoms with Crippen LogP contribution in [-0.4, -0.2) is 78.6 Å². The summed E-state index contributed by atoms with van der Waals surface area (Å²) < 4.78 is 5.56. The summed E-state index contributed by atoms with van der Waals surface area (Å²) in [5, 5.41) is 4.69. The van der Waals surface area contributed by atoms with Crippen LogP contribution in [0.3, 0.4) is 0 Å². The van der Waals surface area contributed by atoms with Gasteiger partial charge in [-0.15, -0.1) is 0 Å². The van der Waals surface area contributed by atoms with Gasteiger partial charge in [-0.3, -0.25) is 14.6 Å². The SMILES string of the molecule is COc1ccccc1N1CCN(N(C=O)[C@@H](Cc2c[nH]c3ccccc23)C(=O)N(C)Cc2ccccc2)CC1. The van der Waals surface area contributed by atoms with Crippen molar-refractivity contribution in [3.8, 4) is 5.75 Å². The number of carbonyl (C=O) groups excluding carboxylic acids is 2. The number of para-hydroxylation sites is 3. The van der Waals surface area contributed by atoms with Gasteiger partial charge in [0.2, 0.25) is 12.3 Å². The van der Waals surface area contributed by atoms with Crippen molar-refractivity contribution in [3.05, 3.63) is 96.2 Å². The molecule has 0 bridgehead atoms. The minimum absolute atomic E-state index is 0.0941. The average Bonchev–Trinajstić information content (AvgIpc) is 3.40. The summed E-state index contributed by atoms with van der Waals surface area (Å²) in [5.41, 5.74) is 4.10. The molecule has 2 heterocycles. The van der Waals surface area contributed by atoms with Gasteiger partial charge in [-0.05, 0) is 29.3 Å². The quantitative estimate of drug-likeness (QED) is 0.318. The summed E-state index contributed by atoms with van der Waals surface area (Å²) in [6.45, 7) is 3.10. The van der Waals surface area contributed by atoms with Crippen LogP contribution in [0, 0.1) is 0 Å². The number of fused-ring (bicyclic) bond motifs is 1. The summed E-state index contributed by atoms with van der Waals surface area (Å²) in [6, 6.07) is 25.2. The van der Waals surface area contributed by atoms with E-state index < -0.39 is 6.04 Å². The fourth-order valence-electron chi connectivity index (χ4n) is 5.39. The number of hydrazine groups is 1. The molecule has 4 aromatic rings. The Hall–Kier alpha value is -4.30. The van der Waals surface area contributed by atoms with Crippen molar-refractivity contribution < 1.29 is 14.3 Å². The molecule has 0 aliphatic carbocycles. The predicted octanol–water partition coefficient (Wildman–Crippen LogP) is 3.94. The van der Waals surface area contributed by atoms with Crippen molar-refractivity contribution in [2.75, 3.05) is 45.2 Å². The van der Waals surface area contributed by atoms with Crippen LogP contribution in [0.25, 0.3) is 10.9 Å². The van der Waals surface area contributed by atoms with Gasteiger partial charge in [-0.25, -0.2) is 5.01 Å². The van der Waals surface area contributed by atoms with Crippen molar-refractivity contribution in [3.63, 3.8) is 0 Å². The minimum atomic E-state index is -0.673. The van der Waals surface area contributed by atoms with Gasteiger partial charge in [0.05, 0.1) is 12.8 Å². The van der Waals surface area contributed by atoms with Crippen molar-refractivity contribution in [2.24, 2.45) is 0 Å². The Morgan fingerprint density at radius 3 is 2.41 bits per heavy atom. The van der Waals surface area contributed by atoms with E-state index in [0.29, 0.717) is 39.1 Å². The van der Waals surface area contributed by atoms with Gasteiger partial charge in [0.1, 0.15) is 11.8 Å². The number of nitrogens with one attached hydrogen (secondary N) is 1. The van der Waals surface area contributed by atoms with Crippen LogP contribution in [0.2, 0.25) is 0 Å². The van der Waals surface area contributed by atoms with E-state index in [0.717, 1.165) is 39.9 Å². The molecule has 39 heavy (non-hydrogen) atoms. The summed E-state index contributed by atoms with van der Waals surface area (Å²) in [6.07, 6.45) is 3.17. The molecule has 1 saturated heterocycles. The Morgan fingerprint density at radius 1 is 0.974 bits per heavy atom. The minimum Gasteiger partial charge on any atom is -0.495 e. The van der Waals surface area contributed by atoms with E-state index in [1.165, 1.54) is 0 Å². The number of likely N-dealkylation sites (N-methyl/N-ethyl adjacent to an activating group) is 1. The number of piperazine rings is 1. The van der Waals surface area contributed by atoms with Crippen LogP contribution in [0.15, 0.2) is 85.1 Å². The fourth-order valence-corrected chi connectivity index (χ4v) is 5.39. The van der Waals surface area contributed by atoms with Crippen LogP contribution in [0.1, 0.15) is 11.1 Å². The second-order valence-electron chi connectivity index (χ2n) is 9.86. The van der Waals surface area contributed by atoms with E-state index in [-0.39, 0.29) is 5.91 Å². The summed E-state index contributed by atoms with van der Waals surface area (Å²) in [7, 11) is 3.48. The van der Waals surface area contributed by atoms with Gasteiger partial charge < -0.3 is 19.5 Å². The highest BCUT2D eigenvalue weighted by Gasteiger charge is 2.34. The maximum absolute atomic E-state index is 14.0. The number of rotatable bonds is 10. The number of aromatic amines is 1. The van der Waals surface area contributed by atoms with Gasteiger partial charge in [0, 0.05) is 63.3 Å². The van der Waals surface area contributed by atoms with Gasteiger partial charge in [0.15, 0.2) is 0 Å². The third-order valence-corrected chi connectivity index (χ3v) is 7.45. The van der Waals surface area contributed by atoms with Gasteiger partial charge in [-0.2, -0.15) is 0 Å². The Kier molecular flexibility index (Phi) is 8.13. The molecule has 5 rings (SSSR count). The lowest BCUT2D eigenvalue weighted by molar-refractivity contribution is -0.156. The molecule has 0 saturated carbocycles. The summed E-state index contributed by atoms with van der Waals surface area (Å²) in [4.78, 5) is 33.9. The lowest BCUT2D eigenvalue weighted by Crippen LogP contribution is -2.60. The smallest absolute Gasteiger partial charge is 0.247 e. The molecule has 1 atom stereocenters. The molecule has 0 spiro atoms. The molecule has 1 aromatic heterocycles. The maximum atomic E-state index is 14.0. The molecular formula is C31H35N5O3. The molecule has 1 N–H and O–H groups in total. The standard InChI is InChI=1S/C31H35N5O3/c1-33(22-24-10-4-3-5-11-24)31(38)29(20-25-21-32-27-13-7-6-12-26(25)27)36(23-37)35-18-16-34(17-19-35)28-14-8-9-15-30(28)39-2/h3-15,21,23,29,32H,16-20,22H2,1-2H3/t29-/m0/s1. The molecule has 1 fully saturated rings. The van der Waals surface area contributed by atoms with Gasteiger partial charge in [0.25, 0.3) is 0 Å². The molecule has 2 amide bonds. The Bertz CT molecular complexity index is 1400. The first-order valence-corrected chi connectivity index (χ1v) is 13.3. The zero-order valence-corrected chi connectivity index (χ0v) is 22.5. The van der Waals surface area contributed by atoms with E-state index in [4.69, 9.17) is 4.74 Å². The molecular weight excluding hydrogens is 490 g/mol. The molecule has 0 unspecified atom stereocenters. The number of anilines is 1. The highest BCUT2D eigenvalue weighted by Crippen LogP contribution is 2.29. The number of H-pyrrole nitrogens is 1. The second kappa shape index (κ2) is 12.0. The summed E-state index contributed by atoms with van der Waals surface area (Å²) >= 11 is 0. The predicted molar refractivity (Wildman–Crippen MR) is 153 cm³/mol. The molecule has 1 aliphatic rings. The van der Waals surface area contributed by atoms with Crippen LogP contribution < -0.4 is 9.64 Å². The second-order valence-corrected chi connectivity index (χ2v) is 9.86. The number of ether oxygens (including phenoxy) is 1. The Balaban J connectivity index is 1.38. The number of aromatic nitrogens is 1. The third-order valence-electron chi connectivity index (χ3n) is 7.45. The van der Waals surface area contributed by atoms with E-state index in [1.54, 1.807) is 24.1 Å². The van der Waals surface area contributed by atoms with E-state index >= 15 is 0 Å². The number of hydrogen-bond acceptors (Lipinski definition) is 5. The number of benzene rings is 3. The Morgan fingerprint density at radius 2 is 1.67 bits per heavy atom. The number of hydrogen-bond donors (Lipinski definition) is 1. The first-order valence-electron chi connectivity index (χ1n) is 13.3. The zero-order chi connectivity index (χ0) is 27.2. The summed E-state index contributed by atoms with van der Waals surface area (Å²) in [5.74, 6) is 0.733. The lowest BCUT2D eigenvalue weighted by Gasteiger charge is -2.43. The van der Waals surface area contributed by atoms with Crippen LogP contribution in [0.4, 0.5) is 5.69 Å². The fraction of sp³-hybridized carbons (Fsp3) is 0.290. The van der Waals surface area contributed by atoms with Gasteiger partial charge in [-0.1, -0.05) is 60.7 Å². The molecule has 1 aliphatic heterocycles. The lowest BCUT2D eigenvalue weighted by atomic mass is 10.0.